The SMILES string of the molecule is CC1(C)C(=O)Nc2ccc(C(Br)c3csc(Br)c3)cc21. The van der Waals surface area contributed by atoms with Crippen molar-refractivity contribution in [2.45, 2.75) is 24.1 Å². The van der Waals surface area contributed by atoms with E-state index in [1.54, 1.807) is 11.3 Å². The van der Waals surface area contributed by atoms with Crippen molar-refractivity contribution in [1.82, 2.24) is 0 Å². The lowest BCUT2D eigenvalue weighted by Crippen LogP contribution is -2.26. The fourth-order valence-corrected chi connectivity index (χ4v) is 4.32. The maximum absolute atomic E-state index is 12.0. The number of thiophene rings is 1. The van der Waals surface area contributed by atoms with E-state index in [1.807, 2.05) is 19.9 Å². The Bertz CT molecular complexity index is 693. The quantitative estimate of drug-likeness (QED) is 0.670. The summed E-state index contributed by atoms with van der Waals surface area (Å²) in [5, 5.41) is 5.07. The molecule has 0 aliphatic carbocycles. The lowest BCUT2D eigenvalue weighted by Gasteiger charge is -2.17. The average molecular weight is 415 g/mol. The van der Waals surface area contributed by atoms with E-state index in [-0.39, 0.29) is 10.7 Å². The van der Waals surface area contributed by atoms with Crippen molar-refractivity contribution >= 4 is 54.8 Å². The van der Waals surface area contributed by atoms with Crippen LogP contribution in [0.3, 0.4) is 0 Å². The van der Waals surface area contributed by atoms with Crippen molar-refractivity contribution in [3.05, 3.63) is 50.1 Å². The molecule has 0 saturated heterocycles. The predicted molar refractivity (Wildman–Crippen MR) is 90.9 cm³/mol. The standard InChI is InChI=1S/C15H13Br2NOS/c1-15(2)10-5-8(3-4-11(10)18-14(15)19)13(17)9-6-12(16)20-7-9/h3-7,13H,1-2H3,(H,18,19). The highest BCUT2D eigenvalue weighted by molar-refractivity contribution is 9.11. The third kappa shape index (κ3) is 2.26. The zero-order valence-corrected chi connectivity index (χ0v) is 15.0. The van der Waals surface area contributed by atoms with Crippen LogP contribution in [0.5, 0.6) is 0 Å². The van der Waals surface area contributed by atoms with Gasteiger partial charge in [0.05, 0.1) is 14.0 Å². The molecule has 0 spiro atoms. The molecule has 1 aromatic heterocycles. The first-order valence-corrected chi connectivity index (χ1v) is 8.82. The Morgan fingerprint density at radius 3 is 2.65 bits per heavy atom. The van der Waals surface area contributed by atoms with E-state index in [1.165, 1.54) is 11.1 Å². The Balaban J connectivity index is 2.02. The second-order valence-electron chi connectivity index (χ2n) is 5.43. The van der Waals surface area contributed by atoms with Gasteiger partial charge in [-0.15, -0.1) is 11.3 Å². The van der Waals surface area contributed by atoms with Crippen LogP contribution in [0.15, 0.2) is 33.4 Å². The third-order valence-electron chi connectivity index (χ3n) is 3.71. The molecule has 0 fully saturated rings. The lowest BCUT2D eigenvalue weighted by atomic mass is 9.85. The van der Waals surface area contributed by atoms with Crippen LogP contribution in [0.1, 0.15) is 35.4 Å². The Hall–Kier alpha value is -0.650. The Morgan fingerprint density at radius 1 is 1.25 bits per heavy atom. The van der Waals surface area contributed by atoms with Gasteiger partial charge in [0.1, 0.15) is 0 Å². The normalized spacial score (nSPS) is 17.7. The topological polar surface area (TPSA) is 29.1 Å². The second-order valence-corrected chi connectivity index (χ2v) is 8.64. The molecule has 104 valence electrons. The Labute approximate surface area is 138 Å². The smallest absolute Gasteiger partial charge is 0.234 e. The van der Waals surface area contributed by atoms with Crippen LogP contribution in [-0.2, 0) is 10.2 Å². The highest BCUT2D eigenvalue weighted by Gasteiger charge is 2.38. The molecule has 2 aromatic rings. The summed E-state index contributed by atoms with van der Waals surface area (Å²) >= 11 is 8.91. The van der Waals surface area contributed by atoms with Crippen LogP contribution in [0.25, 0.3) is 0 Å². The van der Waals surface area contributed by atoms with Gasteiger partial charge in [0.2, 0.25) is 5.91 Å². The Kier molecular flexibility index (Phi) is 3.55. The molecule has 1 aliphatic rings. The van der Waals surface area contributed by atoms with Crippen molar-refractivity contribution in [3.8, 4) is 0 Å². The van der Waals surface area contributed by atoms with Crippen molar-refractivity contribution in [2.24, 2.45) is 0 Å². The van der Waals surface area contributed by atoms with Crippen LogP contribution in [0.4, 0.5) is 5.69 Å². The van der Waals surface area contributed by atoms with E-state index in [0.717, 1.165) is 15.0 Å². The van der Waals surface area contributed by atoms with Crippen LogP contribution < -0.4 is 5.32 Å². The van der Waals surface area contributed by atoms with Crippen LogP contribution in [0, 0.1) is 0 Å². The fraction of sp³-hybridized carbons (Fsp3) is 0.267. The lowest BCUT2D eigenvalue weighted by molar-refractivity contribution is -0.119. The summed E-state index contributed by atoms with van der Waals surface area (Å²) in [7, 11) is 0. The third-order valence-corrected chi connectivity index (χ3v) is 6.29. The molecule has 1 aromatic carbocycles. The maximum atomic E-state index is 12.0. The largest absolute Gasteiger partial charge is 0.325 e. The minimum absolute atomic E-state index is 0.0639. The number of carbonyl (C=O) groups is 1. The zero-order chi connectivity index (χ0) is 14.5. The molecule has 1 atom stereocenters. The summed E-state index contributed by atoms with van der Waals surface area (Å²) in [6, 6.07) is 8.29. The molecule has 1 aliphatic heterocycles. The molecular formula is C15H13Br2NOS. The number of carbonyl (C=O) groups excluding carboxylic acids is 1. The average Bonchev–Trinajstić information content (AvgIpc) is 2.92. The molecule has 3 rings (SSSR count). The van der Waals surface area contributed by atoms with Gasteiger partial charge < -0.3 is 5.32 Å². The number of nitrogens with one attached hydrogen (secondary N) is 1. The first-order chi connectivity index (χ1) is 9.39. The molecule has 0 saturated carbocycles. The fourth-order valence-electron chi connectivity index (χ4n) is 2.40. The second kappa shape index (κ2) is 4.97. The van der Waals surface area contributed by atoms with Crippen LogP contribution >= 0.6 is 43.2 Å². The van der Waals surface area contributed by atoms with Gasteiger partial charge in [-0.1, -0.05) is 28.1 Å². The maximum Gasteiger partial charge on any atom is 0.234 e. The van der Waals surface area contributed by atoms with Crippen molar-refractivity contribution in [3.63, 3.8) is 0 Å². The molecule has 20 heavy (non-hydrogen) atoms. The Morgan fingerprint density at radius 2 is 2.00 bits per heavy atom. The highest BCUT2D eigenvalue weighted by atomic mass is 79.9. The first kappa shape index (κ1) is 14.3. The number of amides is 1. The monoisotopic (exact) mass is 413 g/mol. The number of fused-ring (bicyclic) bond motifs is 1. The van der Waals surface area contributed by atoms with Crippen molar-refractivity contribution in [1.29, 1.82) is 0 Å². The minimum Gasteiger partial charge on any atom is -0.325 e. The number of hydrogen-bond donors (Lipinski definition) is 1. The van der Waals surface area contributed by atoms with Gasteiger partial charge in [-0.3, -0.25) is 4.79 Å². The predicted octanol–water partition coefficient (Wildman–Crippen LogP) is 5.22. The molecule has 5 heteroatoms. The number of halogens is 2. The molecule has 1 N–H and O–H groups in total. The van der Waals surface area contributed by atoms with E-state index in [4.69, 9.17) is 0 Å². The molecule has 0 radical (unpaired) electrons. The van der Waals surface area contributed by atoms with E-state index in [2.05, 4.69) is 60.8 Å². The van der Waals surface area contributed by atoms with Gasteiger partial charge >= 0.3 is 0 Å². The number of alkyl halides is 1. The number of rotatable bonds is 2. The number of hydrogen-bond acceptors (Lipinski definition) is 2. The summed E-state index contributed by atoms with van der Waals surface area (Å²) < 4.78 is 1.12. The zero-order valence-electron chi connectivity index (χ0n) is 11.0. The van der Waals surface area contributed by atoms with Gasteiger partial charge in [0, 0.05) is 5.69 Å². The summed E-state index contributed by atoms with van der Waals surface area (Å²) in [4.78, 5) is 12.1. The van der Waals surface area contributed by atoms with Gasteiger partial charge in [0.15, 0.2) is 0 Å². The van der Waals surface area contributed by atoms with Crippen molar-refractivity contribution in [2.75, 3.05) is 5.32 Å². The summed E-state index contributed by atoms with van der Waals surface area (Å²) in [6.07, 6.45) is 0. The van der Waals surface area contributed by atoms with E-state index in [0.29, 0.717) is 0 Å². The summed E-state index contributed by atoms with van der Waals surface area (Å²) in [5.74, 6) is 0.0639. The molecule has 2 heterocycles. The van der Waals surface area contributed by atoms with E-state index < -0.39 is 5.41 Å². The number of anilines is 1. The number of benzene rings is 1. The van der Waals surface area contributed by atoms with Crippen LogP contribution in [-0.4, -0.2) is 5.91 Å². The van der Waals surface area contributed by atoms with E-state index >= 15 is 0 Å². The van der Waals surface area contributed by atoms with Gasteiger partial charge in [0.25, 0.3) is 0 Å². The highest BCUT2D eigenvalue weighted by Crippen LogP contribution is 2.41. The van der Waals surface area contributed by atoms with Gasteiger partial charge in [-0.05, 0) is 64.0 Å². The molecule has 1 amide bonds. The molecule has 0 bridgehead atoms. The van der Waals surface area contributed by atoms with Crippen LogP contribution in [0.2, 0.25) is 0 Å². The van der Waals surface area contributed by atoms with Gasteiger partial charge in [-0.25, -0.2) is 0 Å². The van der Waals surface area contributed by atoms with E-state index in [9.17, 15) is 4.79 Å². The van der Waals surface area contributed by atoms with Gasteiger partial charge in [-0.2, -0.15) is 0 Å². The molecular weight excluding hydrogens is 402 g/mol. The summed E-state index contributed by atoms with van der Waals surface area (Å²) in [5.41, 5.74) is 3.91. The summed E-state index contributed by atoms with van der Waals surface area (Å²) in [6.45, 7) is 3.92. The first-order valence-electron chi connectivity index (χ1n) is 6.23. The van der Waals surface area contributed by atoms with Crippen molar-refractivity contribution < 1.29 is 4.79 Å². The molecule has 1 unspecified atom stereocenters. The molecule has 2 nitrogen and oxygen atoms in total. The minimum atomic E-state index is -0.465.